The number of aromatic nitrogens is 2. The first kappa shape index (κ1) is 17.9. The first-order valence-corrected chi connectivity index (χ1v) is 6.15. The lowest BCUT2D eigenvalue weighted by atomic mass is 10.5. The molecule has 0 N–H and O–H groups in total. The Hall–Kier alpha value is -1.51. The Morgan fingerprint density at radius 2 is 1.65 bits per heavy atom. The van der Waals surface area contributed by atoms with Gasteiger partial charge < -0.3 is 4.42 Å². The monoisotopic (exact) mass is 238 g/mol. The van der Waals surface area contributed by atoms with Crippen molar-refractivity contribution >= 4 is 0 Å². The molecule has 0 amide bonds. The van der Waals surface area contributed by atoms with Crippen molar-refractivity contribution in [2.75, 3.05) is 0 Å². The van der Waals surface area contributed by atoms with Crippen molar-refractivity contribution < 1.29 is 4.42 Å². The largest absolute Gasteiger partial charge is 0.470 e. The lowest BCUT2D eigenvalue weighted by molar-refractivity contribution is 0.534. The van der Waals surface area contributed by atoms with Crippen molar-refractivity contribution in [2.45, 2.75) is 41.5 Å². The number of aryl methyl sites for hydroxylation is 3. The van der Waals surface area contributed by atoms with Gasteiger partial charge in [-0.15, -0.1) is 0 Å². The van der Waals surface area contributed by atoms with Crippen LogP contribution in [0.5, 0.6) is 0 Å². The van der Waals surface area contributed by atoms with Crippen LogP contribution in [0, 0.1) is 13.8 Å². The molecule has 0 spiro atoms. The zero-order chi connectivity index (χ0) is 13.7. The van der Waals surface area contributed by atoms with Gasteiger partial charge in [0.2, 0.25) is 0 Å². The van der Waals surface area contributed by atoms with Gasteiger partial charge >= 0.3 is 0 Å². The van der Waals surface area contributed by atoms with E-state index in [2.05, 4.69) is 5.10 Å². The summed E-state index contributed by atoms with van der Waals surface area (Å²) in [7, 11) is 1.91. The second-order valence-electron chi connectivity index (χ2n) is 2.85. The summed E-state index contributed by atoms with van der Waals surface area (Å²) in [4.78, 5) is 0. The first-order chi connectivity index (χ1) is 8.18. The summed E-state index contributed by atoms with van der Waals surface area (Å²) in [5, 5.41) is 4.03. The average Bonchev–Trinajstić information content (AvgIpc) is 2.97. The zero-order valence-electron chi connectivity index (χ0n) is 12.2. The van der Waals surface area contributed by atoms with Crippen LogP contribution < -0.4 is 0 Å². The Labute approximate surface area is 105 Å². The van der Waals surface area contributed by atoms with Gasteiger partial charge in [-0.25, -0.2) is 0 Å². The summed E-state index contributed by atoms with van der Waals surface area (Å²) in [5.41, 5.74) is 1.07. The van der Waals surface area contributed by atoms with Crippen LogP contribution in [0.1, 0.15) is 39.1 Å². The van der Waals surface area contributed by atoms with Crippen LogP contribution in [0.25, 0.3) is 0 Å². The zero-order valence-corrected chi connectivity index (χ0v) is 12.2. The molecular weight excluding hydrogens is 212 g/mol. The van der Waals surface area contributed by atoms with E-state index >= 15 is 0 Å². The molecule has 0 unspecified atom stereocenters. The van der Waals surface area contributed by atoms with Crippen molar-refractivity contribution in [3.63, 3.8) is 0 Å². The molecule has 0 saturated carbocycles. The van der Waals surface area contributed by atoms with Gasteiger partial charge in [0.05, 0.1) is 12.0 Å². The quantitative estimate of drug-likeness (QED) is 0.682. The van der Waals surface area contributed by atoms with Gasteiger partial charge in [-0.3, -0.25) is 4.68 Å². The summed E-state index contributed by atoms with van der Waals surface area (Å²) in [5.74, 6) is 0.968. The molecule has 0 aliphatic carbocycles. The van der Waals surface area contributed by atoms with Crippen molar-refractivity contribution in [1.82, 2.24) is 9.78 Å². The molecule has 0 radical (unpaired) electrons. The molecule has 17 heavy (non-hydrogen) atoms. The molecule has 3 heteroatoms. The Bertz CT molecular complexity index is 320. The van der Waals surface area contributed by atoms with E-state index in [1.807, 2.05) is 73.0 Å². The highest BCUT2D eigenvalue weighted by atomic mass is 16.3. The second-order valence-corrected chi connectivity index (χ2v) is 2.85. The lowest BCUT2D eigenvalue weighted by Gasteiger charge is -1.79. The number of hydrogen-bond donors (Lipinski definition) is 0. The summed E-state index contributed by atoms with van der Waals surface area (Å²) in [6.07, 6.45) is 3.59. The third kappa shape index (κ3) is 10.8. The molecule has 3 nitrogen and oxygen atoms in total. The van der Waals surface area contributed by atoms with E-state index in [9.17, 15) is 0 Å². The number of hydrogen-bond acceptors (Lipinski definition) is 2. The highest BCUT2D eigenvalue weighted by molar-refractivity contribution is 4.94. The summed E-state index contributed by atoms with van der Waals surface area (Å²) >= 11 is 0. The van der Waals surface area contributed by atoms with Crippen molar-refractivity contribution in [3.8, 4) is 0 Å². The van der Waals surface area contributed by atoms with E-state index in [1.165, 1.54) is 0 Å². The van der Waals surface area contributed by atoms with Crippen LogP contribution in [0.3, 0.4) is 0 Å². The molecule has 0 bridgehead atoms. The predicted octanol–water partition coefficient (Wildman–Crippen LogP) is 4.37. The summed E-state index contributed by atoms with van der Waals surface area (Å²) in [6, 6.07) is 5.76. The van der Waals surface area contributed by atoms with Crippen LogP contribution in [-0.2, 0) is 7.05 Å². The van der Waals surface area contributed by atoms with E-state index in [-0.39, 0.29) is 0 Å². The van der Waals surface area contributed by atoms with Gasteiger partial charge in [0.25, 0.3) is 0 Å². The standard InChI is InChI=1S/C5H8N2.C5H6O.2C2H6/c1-5-3-4-7(2)6-5;1-5-3-2-4-6-5;2*1-2/h3-4H,1-2H3;2-4H,1H3;2*1-2H3. The van der Waals surface area contributed by atoms with Crippen LogP contribution in [0.2, 0.25) is 0 Å². The van der Waals surface area contributed by atoms with E-state index in [4.69, 9.17) is 4.42 Å². The third-order valence-corrected chi connectivity index (χ3v) is 1.51. The SMILES string of the molecule is CC.CC.Cc1ccco1.Cc1ccn(C)n1. The summed E-state index contributed by atoms with van der Waals surface area (Å²) in [6.45, 7) is 11.9. The Morgan fingerprint density at radius 1 is 1.06 bits per heavy atom. The minimum absolute atomic E-state index is 0.968. The maximum atomic E-state index is 4.83. The number of rotatable bonds is 0. The second kappa shape index (κ2) is 12.6. The fourth-order valence-electron chi connectivity index (χ4n) is 0.892. The van der Waals surface area contributed by atoms with Gasteiger partial charge in [-0.05, 0) is 32.0 Å². The lowest BCUT2D eigenvalue weighted by Crippen LogP contribution is -1.86. The maximum Gasteiger partial charge on any atom is 0.100 e. The highest BCUT2D eigenvalue weighted by Gasteiger charge is 1.81. The molecule has 0 fully saturated rings. The first-order valence-electron chi connectivity index (χ1n) is 6.15. The molecule has 0 saturated heterocycles. The van der Waals surface area contributed by atoms with E-state index < -0.39 is 0 Å². The minimum Gasteiger partial charge on any atom is -0.470 e. The molecule has 2 aromatic rings. The molecular formula is C14H26N2O. The normalized spacial score (nSPS) is 7.71. The number of furan rings is 1. The molecule has 0 aliphatic rings. The smallest absolute Gasteiger partial charge is 0.100 e. The maximum absolute atomic E-state index is 4.83. The third-order valence-electron chi connectivity index (χ3n) is 1.51. The topological polar surface area (TPSA) is 31.0 Å². The molecule has 0 aliphatic heterocycles. The molecule has 2 rings (SSSR count). The molecule has 2 aromatic heterocycles. The van der Waals surface area contributed by atoms with Gasteiger partial charge in [-0.1, -0.05) is 27.7 Å². The van der Waals surface area contributed by atoms with E-state index in [0.29, 0.717) is 0 Å². The molecule has 0 aromatic carbocycles. The van der Waals surface area contributed by atoms with Gasteiger partial charge in [-0.2, -0.15) is 5.10 Å². The predicted molar refractivity (Wildman–Crippen MR) is 74.1 cm³/mol. The minimum atomic E-state index is 0.968. The van der Waals surface area contributed by atoms with Crippen LogP contribution in [0.4, 0.5) is 0 Å². The fourth-order valence-corrected chi connectivity index (χ4v) is 0.892. The van der Waals surface area contributed by atoms with Crippen LogP contribution in [-0.4, -0.2) is 9.78 Å². The molecule has 0 atom stereocenters. The van der Waals surface area contributed by atoms with E-state index in [0.717, 1.165) is 11.5 Å². The van der Waals surface area contributed by atoms with Crippen LogP contribution >= 0.6 is 0 Å². The van der Waals surface area contributed by atoms with Gasteiger partial charge in [0, 0.05) is 13.2 Å². The van der Waals surface area contributed by atoms with Crippen molar-refractivity contribution in [1.29, 1.82) is 0 Å². The van der Waals surface area contributed by atoms with Gasteiger partial charge in [0.1, 0.15) is 5.76 Å². The molecule has 2 heterocycles. The Kier molecular flexibility index (Phi) is 13.2. The average molecular weight is 238 g/mol. The van der Waals surface area contributed by atoms with Crippen molar-refractivity contribution in [3.05, 3.63) is 42.1 Å². The van der Waals surface area contributed by atoms with Gasteiger partial charge in [0.15, 0.2) is 0 Å². The highest BCUT2D eigenvalue weighted by Crippen LogP contribution is 1.93. The van der Waals surface area contributed by atoms with Crippen LogP contribution in [0.15, 0.2) is 35.1 Å². The Morgan fingerprint density at radius 3 is 1.76 bits per heavy atom. The van der Waals surface area contributed by atoms with E-state index in [1.54, 1.807) is 10.9 Å². The number of nitrogens with zero attached hydrogens (tertiary/aromatic N) is 2. The van der Waals surface area contributed by atoms with Crippen molar-refractivity contribution in [2.24, 2.45) is 7.05 Å². The fraction of sp³-hybridized carbons (Fsp3) is 0.500. The molecule has 98 valence electrons. The summed E-state index contributed by atoms with van der Waals surface area (Å²) < 4.78 is 6.62. The Balaban J connectivity index is 0.